The molecular weight excluding hydrogens is 376 g/mol. The average molecular weight is 403 g/mol. The van der Waals surface area contributed by atoms with Gasteiger partial charge in [0.15, 0.2) is 0 Å². The van der Waals surface area contributed by atoms with E-state index in [-0.39, 0.29) is 5.54 Å². The zero-order valence-electron chi connectivity index (χ0n) is 17.3. The summed E-state index contributed by atoms with van der Waals surface area (Å²) in [5.74, 6) is 0. The average Bonchev–Trinajstić information content (AvgIpc) is 3.11. The molecule has 4 rings (SSSR count). The van der Waals surface area contributed by atoms with Gasteiger partial charge in [0.25, 0.3) is 0 Å². The Balaban J connectivity index is 1.61. The number of hydrazone groups is 1. The highest BCUT2D eigenvalue weighted by Gasteiger charge is 2.31. The van der Waals surface area contributed by atoms with E-state index >= 15 is 0 Å². The molecule has 1 aliphatic rings. The molecule has 1 aromatic heterocycles. The summed E-state index contributed by atoms with van der Waals surface area (Å²) in [6.45, 7) is 9.60. The molecule has 0 saturated heterocycles. The Morgan fingerprint density at radius 3 is 2.66 bits per heavy atom. The van der Waals surface area contributed by atoms with Crippen molar-refractivity contribution < 1.29 is 0 Å². The van der Waals surface area contributed by atoms with Gasteiger partial charge in [-0.3, -0.25) is 5.43 Å². The van der Waals surface area contributed by atoms with E-state index in [4.69, 9.17) is 0 Å². The minimum atomic E-state index is -0.0488. The summed E-state index contributed by atoms with van der Waals surface area (Å²) >= 11 is 1.56. The van der Waals surface area contributed by atoms with Crippen molar-refractivity contribution in [2.24, 2.45) is 5.10 Å². The van der Waals surface area contributed by atoms with Crippen molar-refractivity contribution in [3.05, 3.63) is 82.4 Å². The molecule has 0 unspecified atom stereocenters. The summed E-state index contributed by atoms with van der Waals surface area (Å²) in [6.07, 6.45) is 4.21. The van der Waals surface area contributed by atoms with E-state index in [9.17, 15) is 0 Å². The summed E-state index contributed by atoms with van der Waals surface area (Å²) in [6, 6.07) is 17.2. The molecule has 0 radical (unpaired) electrons. The SMILES string of the molecule is CC1=CC(C)(C)N(Cc2ccccc2)c2ccc(C=NNc3nc(C)cs3)cc21. The van der Waals surface area contributed by atoms with Crippen molar-refractivity contribution in [2.75, 3.05) is 10.3 Å². The minimum absolute atomic E-state index is 0.0488. The van der Waals surface area contributed by atoms with Crippen molar-refractivity contribution in [3.63, 3.8) is 0 Å². The molecule has 0 amide bonds. The first kappa shape index (κ1) is 19.4. The third kappa shape index (κ3) is 4.25. The molecule has 29 heavy (non-hydrogen) atoms. The summed E-state index contributed by atoms with van der Waals surface area (Å²) in [5.41, 5.74) is 10.2. The van der Waals surface area contributed by atoms with Gasteiger partial charge in [-0.25, -0.2) is 4.98 Å². The molecule has 1 aliphatic heterocycles. The van der Waals surface area contributed by atoms with Gasteiger partial charge >= 0.3 is 0 Å². The third-order valence-corrected chi connectivity index (χ3v) is 6.04. The fraction of sp³-hybridized carbons (Fsp3) is 0.250. The predicted octanol–water partition coefficient (Wildman–Crippen LogP) is 6.10. The Labute approximate surface area is 176 Å². The molecule has 0 aliphatic carbocycles. The first-order chi connectivity index (χ1) is 13.9. The molecule has 3 aromatic rings. The highest BCUT2D eigenvalue weighted by molar-refractivity contribution is 7.13. The van der Waals surface area contributed by atoms with Crippen molar-refractivity contribution >= 4 is 33.9 Å². The number of thiazole rings is 1. The molecule has 2 heterocycles. The van der Waals surface area contributed by atoms with Crippen LogP contribution in [0, 0.1) is 6.92 Å². The molecule has 0 bridgehead atoms. The highest BCUT2D eigenvalue weighted by atomic mass is 32.1. The van der Waals surface area contributed by atoms with Crippen molar-refractivity contribution in [3.8, 4) is 0 Å². The summed E-state index contributed by atoms with van der Waals surface area (Å²) in [7, 11) is 0. The smallest absolute Gasteiger partial charge is 0.203 e. The molecule has 2 aromatic carbocycles. The second-order valence-electron chi connectivity index (χ2n) is 7.99. The number of nitrogens with zero attached hydrogens (tertiary/aromatic N) is 3. The fourth-order valence-electron chi connectivity index (χ4n) is 3.80. The van der Waals surface area contributed by atoms with Gasteiger partial charge in [0, 0.05) is 23.2 Å². The monoisotopic (exact) mass is 402 g/mol. The summed E-state index contributed by atoms with van der Waals surface area (Å²) in [4.78, 5) is 6.84. The molecule has 0 saturated carbocycles. The Kier molecular flexibility index (Phi) is 5.24. The first-order valence-electron chi connectivity index (χ1n) is 9.79. The largest absolute Gasteiger partial charge is 0.358 e. The van der Waals surface area contributed by atoms with Gasteiger partial charge in [-0.05, 0) is 56.5 Å². The van der Waals surface area contributed by atoms with Crippen LogP contribution in [0.1, 0.15) is 43.2 Å². The van der Waals surface area contributed by atoms with E-state index in [2.05, 4.69) is 95.8 Å². The number of benzene rings is 2. The molecule has 0 spiro atoms. The van der Waals surface area contributed by atoms with Crippen LogP contribution in [0.25, 0.3) is 5.57 Å². The van der Waals surface area contributed by atoms with E-state index in [0.717, 1.165) is 22.9 Å². The fourth-order valence-corrected chi connectivity index (χ4v) is 4.44. The lowest BCUT2D eigenvalue weighted by atomic mass is 9.87. The van der Waals surface area contributed by atoms with Crippen LogP contribution >= 0.6 is 11.3 Å². The number of fused-ring (bicyclic) bond motifs is 1. The Morgan fingerprint density at radius 2 is 1.93 bits per heavy atom. The van der Waals surface area contributed by atoms with Gasteiger partial charge < -0.3 is 4.90 Å². The summed E-state index contributed by atoms with van der Waals surface area (Å²) in [5, 5.41) is 7.17. The topological polar surface area (TPSA) is 40.5 Å². The van der Waals surface area contributed by atoms with Crippen LogP contribution in [0.2, 0.25) is 0 Å². The molecule has 5 heteroatoms. The zero-order chi connectivity index (χ0) is 20.4. The number of hydrogen-bond acceptors (Lipinski definition) is 5. The highest BCUT2D eigenvalue weighted by Crippen LogP contribution is 2.40. The summed E-state index contributed by atoms with van der Waals surface area (Å²) < 4.78 is 0. The second-order valence-corrected chi connectivity index (χ2v) is 8.85. The van der Waals surface area contributed by atoms with Crippen LogP contribution in [0.15, 0.2) is 65.1 Å². The number of aromatic nitrogens is 1. The number of nitrogens with one attached hydrogen (secondary N) is 1. The van der Waals surface area contributed by atoms with Crippen LogP contribution < -0.4 is 10.3 Å². The van der Waals surface area contributed by atoms with Crippen molar-refractivity contribution in [2.45, 2.75) is 39.8 Å². The third-order valence-electron chi connectivity index (χ3n) is 5.18. The maximum Gasteiger partial charge on any atom is 0.203 e. The van der Waals surface area contributed by atoms with Gasteiger partial charge in [-0.2, -0.15) is 5.10 Å². The van der Waals surface area contributed by atoms with Crippen LogP contribution in [0.4, 0.5) is 10.8 Å². The first-order valence-corrected chi connectivity index (χ1v) is 10.7. The lowest BCUT2D eigenvalue weighted by Crippen LogP contribution is -2.44. The van der Waals surface area contributed by atoms with E-state index in [1.165, 1.54) is 22.4 Å². The van der Waals surface area contributed by atoms with E-state index in [1.54, 1.807) is 11.3 Å². The van der Waals surface area contributed by atoms with Gasteiger partial charge in [-0.15, -0.1) is 11.3 Å². The van der Waals surface area contributed by atoms with Crippen molar-refractivity contribution in [1.29, 1.82) is 0 Å². The Hall–Kier alpha value is -2.92. The van der Waals surface area contributed by atoms with E-state index < -0.39 is 0 Å². The van der Waals surface area contributed by atoms with Crippen molar-refractivity contribution in [1.82, 2.24) is 4.98 Å². The van der Waals surface area contributed by atoms with Gasteiger partial charge in [0.1, 0.15) is 0 Å². The molecule has 4 nitrogen and oxygen atoms in total. The normalized spacial score (nSPS) is 15.3. The number of aryl methyl sites for hydroxylation is 1. The predicted molar refractivity (Wildman–Crippen MR) is 125 cm³/mol. The lowest BCUT2D eigenvalue weighted by Gasteiger charge is -2.43. The lowest BCUT2D eigenvalue weighted by molar-refractivity contribution is 0.552. The molecule has 0 fully saturated rings. The Bertz CT molecular complexity index is 1060. The number of allylic oxidation sites excluding steroid dienone is 1. The van der Waals surface area contributed by atoms with Gasteiger partial charge in [-0.1, -0.05) is 42.5 Å². The van der Waals surface area contributed by atoms with Crippen LogP contribution in [-0.2, 0) is 6.54 Å². The molecule has 0 atom stereocenters. The van der Waals surface area contributed by atoms with Gasteiger partial charge in [0.05, 0.1) is 17.4 Å². The quantitative estimate of drug-likeness (QED) is 0.414. The van der Waals surface area contributed by atoms with E-state index in [0.29, 0.717) is 0 Å². The number of rotatable bonds is 5. The maximum absolute atomic E-state index is 4.37. The number of hydrogen-bond donors (Lipinski definition) is 1. The number of anilines is 2. The minimum Gasteiger partial charge on any atom is -0.358 e. The maximum atomic E-state index is 4.37. The second kappa shape index (κ2) is 7.84. The van der Waals surface area contributed by atoms with Crippen LogP contribution in [0.5, 0.6) is 0 Å². The zero-order valence-corrected chi connectivity index (χ0v) is 18.1. The molecule has 148 valence electrons. The van der Waals surface area contributed by atoms with Crippen LogP contribution in [0.3, 0.4) is 0 Å². The molecule has 1 N–H and O–H groups in total. The van der Waals surface area contributed by atoms with Crippen LogP contribution in [-0.4, -0.2) is 16.7 Å². The Morgan fingerprint density at radius 1 is 1.14 bits per heavy atom. The molecular formula is C24H26N4S. The standard InChI is InChI=1S/C24H26N4S/c1-17-13-24(3,4)28(15-19-8-6-5-7-9-19)22-11-10-20(12-21(17)22)14-25-27-23-26-18(2)16-29-23/h5-14,16H,15H2,1-4H3,(H,26,27). The van der Waals surface area contributed by atoms with E-state index in [1.807, 2.05) is 18.5 Å². The van der Waals surface area contributed by atoms with Gasteiger partial charge in [0.2, 0.25) is 5.13 Å².